The lowest BCUT2D eigenvalue weighted by Gasteiger charge is -2.49. The third-order valence-corrected chi connectivity index (χ3v) is 9.89. The summed E-state index contributed by atoms with van der Waals surface area (Å²) in [6, 6.07) is 6.79. The number of carboxylic acid groups (broad SMARTS) is 1. The molecule has 3 aromatic rings. The number of aromatic nitrogens is 2. The van der Waals surface area contributed by atoms with Crippen LogP contribution in [0.15, 0.2) is 50.4 Å². The van der Waals surface area contributed by atoms with Gasteiger partial charge < -0.3 is 20.6 Å². The first kappa shape index (κ1) is 26.1. The van der Waals surface area contributed by atoms with Crippen molar-refractivity contribution in [2.75, 3.05) is 23.9 Å². The smallest absolute Gasteiger partial charge is 0.352 e. The molecule has 0 bridgehead atoms. The number of aliphatic carboxylic acids is 1. The molecule has 1 saturated heterocycles. The number of benzene rings is 1. The third kappa shape index (κ3) is 4.99. The number of anilines is 1. The molecule has 1 aromatic carbocycles. The Balaban J connectivity index is 1.29. The van der Waals surface area contributed by atoms with Gasteiger partial charge in [-0.1, -0.05) is 29.1 Å². The number of carbonyl (C=O) groups excluding carboxylic acids is 3. The lowest BCUT2D eigenvalue weighted by Crippen LogP contribution is -2.71. The molecule has 1 fully saturated rings. The molecular weight excluding hydrogens is 573 g/mol. The SMILES string of the molecule is CON=C(C(=O)NC1C(=O)N2C(C(=O)O)=C(CSc3nc4ccccc4s3)CS[C@H]12)c1csc(NC=O)n1. The third-order valence-electron chi connectivity index (χ3n) is 5.51. The van der Waals surface area contributed by atoms with Gasteiger partial charge in [0.15, 0.2) is 15.2 Å². The first-order valence-electron chi connectivity index (χ1n) is 10.9. The number of amides is 3. The van der Waals surface area contributed by atoms with Gasteiger partial charge in [-0.3, -0.25) is 19.3 Å². The van der Waals surface area contributed by atoms with Gasteiger partial charge in [-0.25, -0.2) is 14.8 Å². The van der Waals surface area contributed by atoms with Crippen molar-refractivity contribution in [2.24, 2.45) is 5.16 Å². The number of para-hydroxylation sites is 1. The summed E-state index contributed by atoms with van der Waals surface area (Å²) in [6.45, 7) is 0. The zero-order valence-corrected chi connectivity index (χ0v) is 22.7. The van der Waals surface area contributed by atoms with Crippen molar-refractivity contribution >= 4 is 91.5 Å². The molecule has 2 aromatic heterocycles. The molecule has 12 nitrogen and oxygen atoms in total. The average Bonchev–Trinajstić information content (AvgIpc) is 3.55. The van der Waals surface area contributed by atoms with E-state index in [2.05, 4.69) is 25.8 Å². The number of thioether (sulfide) groups is 2. The zero-order valence-electron chi connectivity index (χ0n) is 19.4. The minimum atomic E-state index is -1.20. The van der Waals surface area contributed by atoms with Crippen molar-refractivity contribution in [2.45, 2.75) is 15.8 Å². The maximum Gasteiger partial charge on any atom is 0.352 e. The molecule has 3 amide bonds. The normalized spacial score (nSPS) is 19.1. The van der Waals surface area contributed by atoms with Crippen LogP contribution in [0.2, 0.25) is 0 Å². The van der Waals surface area contributed by atoms with E-state index in [1.54, 1.807) is 0 Å². The van der Waals surface area contributed by atoms with E-state index in [0.29, 0.717) is 23.5 Å². The van der Waals surface area contributed by atoms with Crippen LogP contribution in [0.3, 0.4) is 0 Å². The van der Waals surface area contributed by atoms with Crippen LogP contribution in [-0.4, -0.2) is 79.9 Å². The molecule has 0 aliphatic carbocycles. The largest absolute Gasteiger partial charge is 0.477 e. The molecule has 1 unspecified atom stereocenters. The average molecular weight is 591 g/mol. The number of hydrogen-bond donors (Lipinski definition) is 3. The fourth-order valence-electron chi connectivity index (χ4n) is 3.86. The minimum Gasteiger partial charge on any atom is -0.477 e. The van der Waals surface area contributed by atoms with Crippen molar-refractivity contribution in [1.29, 1.82) is 0 Å². The molecule has 0 saturated carbocycles. The molecule has 38 heavy (non-hydrogen) atoms. The van der Waals surface area contributed by atoms with Crippen LogP contribution in [0.4, 0.5) is 5.13 Å². The van der Waals surface area contributed by atoms with Crippen LogP contribution in [0.1, 0.15) is 5.69 Å². The fourth-order valence-corrected chi connectivity index (χ4v) is 8.07. The highest BCUT2D eigenvalue weighted by atomic mass is 32.2. The van der Waals surface area contributed by atoms with Gasteiger partial charge in [0.05, 0.1) is 10.2 Å². The van der Waals surface area contributed by atoms with Gasteiger partial charge >= 0.3 is 5.97 Å². The topological polar surface area (TPSA) is 163 Å². The highest BCUT2D eigenvalue weighted by Gasteiger charge is 2.54. The Morgan fingerprint density at radius 2 is 2.16 bits per heavy atom. The molecule has 0 spiro atoms. The summed E-state index contributed by atoms with van der Waals surface area (Å²) in [6.07, 6.45) is 0.455. The lowest BCUT2D eigenvalue weighted by molar-refractivity contribution is -0.150. The Hall–Kier alpha value is -3.47. The highest BCUT2D eigenvalue weighted by molar-refractivity contribution is 8.02. The van der Waals surface area contributed by atoms with E-state index in [9.17, 15) is 24.3 Å². The second kappa shape index (κ2) is 11.1. The maximum atomic E-state index is 13.0. The van der Waals surface area contributed by atoms with E-state index in [0.717, 1.165) is 25.9 Å². The summed E-state index contributed by atoms with van der Waals surface area (Å²) in [5.74, 6) is -1.70. The van der Waals surface area contributed by atoms with Crippen molar-refractivity contribution < 1.29 is 29.1 Å². The van der Waals surface area contributed by atoms with Crippen LogP contribution in [0.25, 0.3) is 10.2 Å². The number of nitrogens with zero attached hydrogens (tertiary/aromatic N) is 4. The second-order valence-corrected chi connectivity index (χ2v) is 12.0. The van der Waals surface area contributed by atoms with Crippen molar-refractivity contribution in [3.05, 3.63) is 46.6 Å². The van der Waals surface area contributed by atoms with Gasteiger partial charge in [-0.15, -0.1) is 34.4 Å². The molecule has 2 aliphatic heterocycles. The van der Waals surface area contributed by atoms with Crippen LogP contribution < -0.4 is 10.6 Å². The second-order valence-electron chi connectivity index (χ2n) is 7.78. The zero-order chi connectivity index (χ0) is 26.8. The summed E-state index contributed by atoms with van der Waals surface area (Å²) in [5.41, 5.74) is 1.40. The summed E-state index contributed by atoms with van der Waals surface area (Å²) >= 11 is 5.41. The van der Waals surface area contributed by atoms with E-state index < -0.39 is 29.2 Å². The summed E-state index contributed by atoms with van der Waals surface area (Å²) < 4.78 is 1.86. The Morgan fingerprint density at radius 1 is 1.34 bits per heavy atom. The van der Waals surface area contributed by atoms with E-state index in [-0.39, 0.29) is 22.2 Å². The fraction of sp³-hybridized carbons (Fsp3) is 0.227. The number of carboxylic acids is 1. The van der Waals surface area contributed by atoms with E-state index >= 15 is 0 Å². The van der Waals surface area contributed by atoms with Crippen LogP contribution in [-0.2, 0) is 24.0 Å². The van der Waals surface area contributed by atoms with Crippen LogP contribution >= 0.6 is 46.2 Å². The number of rotatable bonds is 10. The van der Waals surface area contributed by atoms with Crippen molar-refractivity contribution in [3.8, 4) is 0 Å². The molecule has 2 aliphatic rings. The number of nitrogens with one attached hydrogen (secondary N) is 2. The molecule has 5 rings (SSSR count). The Labute approximate surface area is 231 Å². The van der Waals surface area contributed by atoms with E-state index in [1.807, 2.05) is 24.3 Å². The lowest BCUT2D eigenvalue weighted by atomic mass is 10.0. The number of thiazole rings is 2. The summed E-state index contributed by atoms with van der Waals surface area (Å²) in [7, 11) is 1.26. The molecule has 2 atom stereocenters. The predicted molar refractivity (Wildman–Crippen MR) is 145 cm³/mol. The molecule has 196 valence electrons. The summed E-state index contributed by atoms with van der Waals surface area (Å²) in [5, 5.41) is 19.8. The van der Waals surface area contributed by atoms with Gasteiger partial charge in [-0.2, -0.15) is 0 Å². The van der Waals surface area contributed by atoms with E-state index in [4.69, 9.17) is 4.84 Å². The summed E-state index contributed by atoms with van der Waals surface area (Å²) in [4.78, 5) is 63.5. The molecular formula is C22H18N6O6S4. The number of oxime groups is 1. The van der Waals surface area contributed by atoms with Crippen molar-refractivity contribution in [1.82, 2.24) is 20.2 Å². The minimum absolute atomic E-state index is 0.0623. The first-order valence-corrected chi connectivity index (χ1v) is 14.6. The molecule has 16 heteroatoms. The van der Waals surface area contributed by atoms with E-state index in [1.165, 1.54) is 52.3 Å². The first-order chi connectivity index (χ1) is 18.4. The molecule has 4 heterocycles. The Morgan fingerprint density at radius 3 is 2.89 bits per heavy atom. The standard InChI is InChI=1S/C22H18N6O6S4/c1-34-27-14(12-8-36-21(24-12)23-9-29)17(30)26-15-18(31)28-16(20(32)33)10(6-35-19(15)28)7-37-22-25-11-4-2-3-5-13(11)38-22/h2-5,8-9,15,19H,6-7H2,1H3,(H,26,30)(H,32,33)(H,23,24,29)/t15?,19-/m1/s1. The van der Waals surface area contributed by atoms with Crippen molar-refractivity contribution in [3.63, 3.8) is 0 Å². The maximum absolute atomic E-state index is 13.0. The quantitative estimate of drug-likeness (QED) is 0.105. The number of hydrogen-bond acceptors (Lipinski definition) is 12. The Bertz CT molecular complexity index is 1470. The molecule has 3 N–H and O–H groups in total. The monoisotopic (exact) mass is 590 g/mol. The van der Waals surface area contributed by atoms with Gasteiger partial charge in [0.25, 0.3) is 11.8 Å². The van der Waals surface area contributed by atoms with Gasteiger partial charge in [0.2, 0.25) is 6.41 Å². The number of fused-ring (bicyclic) bond motifs is 2. The van der Waals surface area contributed by atoms with Crippen LogP contribution in [0, 0.1) is 0 Å². The number of carbonyl (C=O) groups is 4. The highest BCUT2D eigenvalue weighted by Crippen LogP contribution is 2.42. The molecule has 0 radical (unpaired) electrons. The Kier molecular flexibility index (Phi) is 7.64. The van der Waals surface area contributed by atoms with Gasteiger partial charge in [0.1, 0.15) is 29.9 Å². The van der Waals surface area contributed by atoms with Gasteiger partial charge in [-0.05, 0) is 17.7 Å². The van der Waals surface area contributed by atoms with Crippen LogP contribution in [0.5, 0.6) is 0 Å². The number of β-lactam (4-membered cyclic amide) rings is 1. The predicted octanol–water partition coefficient (Wildman–Crippen LogP) is 2.20. The van der Waals surface area contributed by atoms with Gasteiger partial charge in [0, 0.05) is 16.9 Å².